The van der Waals surface area contributed by atoms with Crippen LogP contribution in [0.3, 0.4) is 0 Å². The number of hydrogen-bond donors (Lipinski definition) is 1. The molecule has 0 aliphatic heterocycles. The maximum atomic E-state index is 12.9. The van der Waals surface area contributed by atoms with Gasteiger partial charge in [0, 0.05) is 5.92 Å². The third-order valence-electron chi connectivity index (χ3n) is 5.09. The van der Waals surface area contributed by atoms with E-state index in [1.807, 2.05) is 35.0 Å². The van der Waals surface area contributed by atoms with E-state index >= 15 is 0 Å². The highest BCUT2D eigenvalue weighted by Crippen LogP contribution is 2.33. The highest BCUT2D eigenvalue weighted by Gasteiger charge is 2.34. The first-order valence-electron chi connectivity index (χ1n) is 9.01. The van der Waals surface area contributed by atoms with E-state index in [0.29, 0.717) is 11.3 Å². The third-order valence-corrected chi connectivity index (χ3v) is 7.63. The standard InChI is InChI=1S/C20H22N2O3S2/c21-10-11-22-20(23)19-4-2-1-3-17(19)14-27(24,25)18-7-5-15(6-8-18)16-9-12-26-13-16/h5-9,12-13,17,19H,1-4,11,14H2,(H,22,23). The molecule has 1 aliphatic carbocycles. The normalized spacial score (nSPS) is 20.0. The van der Waals surface area contributed by atoms with E-state index < -0.39 is 9.84 Å². The monoisotopic (exact) mass is 402 g/mol. The summed E-state index contributed by atoms with van der Waals surface area (Å²) in [5.74, 6) is -0.787. The van der Waals surface area contributed by atoms with Crippen molar-refractivity contribution in [2.24, 2.45) is 11.8 Å². The Labute approximate surface area is 164 Å². The van der Waals surface area contributed by atoms with Gasteiger partial charge >= 0.3 is 0 Å². The first-order valence-corrected chi connectivity index (χ1v) is 11.6. The third kappa shape index (κ3) is 4.76. The van der Waals surface area contributed by atoms with Gasteiger partial charge in [-0.3, -0.25) is 4.79 Å². The van der Waals surface area contributed by atoms with Crippen LogP contribution in [0, 0.1) is 23.2 Å². The van der Waals surface area contributed by atoms with Crippen LogP contribution in [0.4, 0.5) is 0 Å². The number of carbonyl (C=O) groups is 1. The van der Waals surface area contributed by atoms with Gasteiger partial charge in [0.2, 0.25) is 5.91 Å². The minimum atomic E-state index is -3.47. The molecule has 5 nitrogen and oxygen atoms in total. The lowest BCUT2D eigenvalue weighted by molar-refractivity contribution is -0.127. The number of benzene rings is 1. The topological polar surface area (TPSA) is 87.0 Å². The van der Waals surface area contributed by atoms with Crippen LogP contribution in [0.25, 0.3) is 11.1 Å². The molecule has 0 radical (unpaired) electrons. The molecule has 27 heavy (non-hydrogen) atoms. The fraction of sp³-hybridized carbons (Fsp3) is 0.400. The Hall–Kier alpha value is -2.17. The summed E-state index contributed by atoms with van der Waals surface area (Å²) in [6.07, 6.45) is 3.24. The molecule has 142 valence electrons. The molecule has 0 spiro atoms. The molecular formula is C20H22N2O3S2. The minimum Gasteiger partial charge on any atom is -0.343 e. The van der Waals surface area contributed by atoms with E-state index in [-0.39, 0.29) is 30.0 Å². The van der Waals surface area contributed by atoms with Crippen molar-refractivity contribution in [3.8, 4) is 17.2 Å². The smallest absolute Gasteiger partial charge is 0.224 e. The summed E-state index contributed by atoms with van der Waals surface area (Å²) in [5.41, 5.74) is 2.06. The van der Waals surface area contributed by atoms with Gasteiger partial charge in [0.1, 0.15) is 6.54 Å². The number of rotatable bonds is 6. The van der Waals surface area contributed by atoms with Crippen LogP contribution >= 0.6 is 11.3 Å². The Kier molecular flexibility index (Phi) is 6.30. The molecule has 7 heteroatoms. The highest BCUT2D eigenvalue weighted by molar-refractivity contribution is 7.91. The number of nitriles is 1. The minimum absolute atomic E-state index is 0.0323. The van der Waals surface area contributed by atoms with E-state index in [4.69, 9.17) is 5.26 Å². The average molecular weight is 403 g/mol. The van der Waals surface area contributed by atoms with Crippen LogP contribution in [0.5, 0.6) is 0 Å². The summed E-state index contributed by atoms with van der Waals surface area (Å²) in [7, 11) is -3.47. The van der Waals surface area contributed by atoms with Gasteiger partial charge in [0.15, 0.2) is 9.84 Å². The van der Waals surface area contributed by atoms with E-state index in [2.05, 4.69) is 5.32 Å². The summed E-state index contributed by atoms with van der Waals surface area (Å²) < 4.78 is 25.8. The second kappa shape index (κ2) is 8.68. The van der Waals surface area contributed by atoms with Gasteiger partial charge in [-0.25, -0.2) is 8.42 Å². The number of amides is 1. The largest absolute Gasteiger partial charge is 0.343 e. The molecule has 1 saturated carbocycles. The molecule has 0 saturated heterocycles. The molecule has 1 aliphatic rings. The molecule has 2 atom stereocenters. The van der Waals surface area contributed by atoms with Crippen molar-refractivity contribution in [3.63, 3.8) is 0 Å². The SMILES string of the molecule is N#CCNC(=O)C1CCCCC1CS(=O)(=O)c1ccc(-c2ccsc2)cc1. The number of carbonyl (C=O) groups excluding carboxylic acids is 1. The predicted octanol–water partition coefficient (Wildman–Crippen LogP) is 3.63. The second-order valence-corrected chi connectivity index (χ2v) is 9.66. The summed E-state index contributed by atoms with van der Waals surface area (Å²) in [6.45, 7) is -0.0428. The van der Waals surface area contributed by atoms with E-state index in [9.17, 15) is 13.2 Å². The second-order valence-electron chi connectivity index (χ2n) is 6.84. The van der Waals surface area contributed by atoms with E-state index in [1.54, 1.807) is 23.5 Å². The lowest BCUT2D eigenvalue weighted by Gasteiger charge is -2.30. The Morgan fingerprint density at radius 2 is 1.89 bits per heavy atom. The summed E-state index contributed by atoms with van der Waals surface area (Å²) in [6, 6.07) is 10.8. The van der Waals surface area contributed by atoms with Crippen LogP contribution < -0.4 is 5.32 Å². The Morgan fingerprint density at radius 3 is 2.56 bits per heavy atom. The van der Waals surface area contributed by atoms with Crippen molar-refractivity contribution in [1.82, 2.24) is 5.32 Å². The summed E-state index contributed by atoms with van der Waals surface area (Å²) in [4.78, 5) is 12.6. The van der Waals surface area contributed by atoms with Crippen molar-refractivity contribution in [1.29, 1.82) is 5.26 Å². The molecule has 1 heterocycles. The van der Waals surface area contributed by atoms with Gasteiger partial charge in [-0.1, -0.05) is 25.0 Å². The van der Waals surface area contributed by atoms with Crippen LogP contribution in [0.1, 0.15) is 25.7 Å². The van der Waals surface area contributed by atoms with Crippen molar-refractivity contribution < 1.29 is 13.2 Å². The average Bonchev–Trinajstić information content (AvgIpc) is 3.21. The number of sulfone groups is 1. The zero-order chi connectivity index (χ0) is 19.3. The lowest BCUT2D eigenvalue weighted by Crippen LogP contribution is -2.39. The number of thiophene rings is 1. The lowest BCUT2D eigenvalue weighted by atomic mass is 9.80. The predicted molar refractivity (Wildman–Crippen MR) is 106 cm³/mol. The number of nitrogens with one attached hydrogen (secondary N) is 1. The Morgan fingerprint density at radius 1 is 1.15 bits per heavy atom. The molecule has 2 unspecified atom stereocenters. The van der Waals surface area contributed by atoms with Gasteiger partial charge in [-0.15, -0.1) is 0 Å². The van der Waals surface area contributed by atoms with Gasteiger partial charge in [0.25, 0.3) is 0 Å². The first-order chi connectivity index (χ1) is 13.0. The van der Waals surface area contributed by atoms with Crippen LogP contribution in [-0.4, -0.2) is 26.6 Å². The molecule has 1 amide bonds. The highest BCUT2D eigenvalue weighted by atomic mass is 32.2. The van der Waals surface area contributed by atoms with Crippen molar-refractivity contribution in [3.05, 3.63) is 41.1 Å². The van der Waals surface area contributed by atoms with E-state index in [0.717, 1.165) is 30.4 Å². The Bertz CT molecular complexity index is 913. The van der Waals surface area contributed by atoms with Gasteiger partial charge in [-0.05, 0) is 58.8 Å². The molecule has 1 fully saturated rings. The molecule has 0 bridgehead atoms. The molecular weight excluding hydrogens is 380 g/mol. The number of hydrogen-bond acceptors (Lipinski definition) is 5. The maximum absolute atomic E-state index is 12.9. The van der Waals surface area contributed by atoms with Gasteiger partial charge < -0.3 is 5.32 Å². The summed E-state index contributed by atoms with van der Waals surface area (Å²) in [5, 5.41) is 15.2. The van der Waals surface area contributed by atoms with Crippen LogP contribution in [0.2, 0.25) is 0 Å². The molecule has 1 N–H and O–H groups in total. The van der Waals surface area contributed by atoms with Gasteiger partial charge in [-0.2, -0.15) is 16.6 Å². The van der Waals surface area contributed by atoms with Crippen molar-refractivity contribution >= 4 is 27.1 Å². The summed E-state index contributed by atoms with van der Waals surface area (Å²) >= 11 is 1.60. The number of nitrogens with zero attached hydrogens (tertiary/aromatic N) is 1. The molecule has 1 aromatic heterocycles. The fourth-order valence-electron chi connectivity index (χ4n) is 3.67. The molecule has 3 rings (SSSR count). The van der Waals surface area contributed by atoms with Crippen LogP contribution in [0.15, 0.2) is 46.0 Å². The van der Waals surface area contributed by atoms with E-state index in [1.165, 1.54) is 0 Å². The zero-order valence-electron chi connectivity index (χ0n) is 14.9. The molecule has 2 aromatic rings. The first kappa shape index (κ1) is 19.6. The van der Waals surface area contributed by atoms with Crippen molar-refractivity contribution in [2.45, 2.75) is 30.6 Å². The quantitative estimate of drug-likeness (QED) is 0.748. The zero-order valence-corrected chi connectivity index (χ0v) is 16.6. The fourth-order valence-corrected chi connectivity index (χ4v) is 6.04. The maximum Gasteiger partial charge on any atom is 0.224 e. The van der Waals surface area contributed by atoms with Gasteiger partial charge in [0.05, 0.1) is 16.7 Å². The Balaban J connectivity index is 1.74. The van der Waals surface area contributed by atoms with Crippen molar-refractivity contribution in [2.75, 3.05) is 12.3 Å². The van der Waals surface area contributed by atoms with Crippen LogP contribution in [-0.2, 0) is 14.6 Å². The molecule has 1 aromatic carbocycles.